The number of Topliss-reactive ketones (excluding diaryl/α,β-unsaturated/α-hetero) is 1. The Hall–Kier alpha value is -3.50. The summed E-state index contributed by atoms with van der Waals surface area (Å²) >= 11 is 1.35. The van der Waals surface area contributed by atoms with Gasteiger partial charge in [0.1, 0.15) is 6.07 Å². The van der Waals surface area contributed by atoms with E-state index in [4.69, 9.17) is 0 Å². The number of rotatable bonds is 5. The zero-order valence-electron chi connectivity index (χ0n) is 15.6. The normalized spacial score (nSPS) is 11.0. The number of imidazole rings is 1. The van der Waals surface area contributed by atoms with Crippen LogP contribution < -0.4 is 0 Å². The first-order valence-electron chi connectivity index (χ1n) is 9.04. The predicted molar refractivity (Wildman–Crippen MR) is 112 cm³/mol. The molecule has 0 radical (unpaired) electrons. The lowest BCUT2D eigenvalue weighted by Gasteiger charge is -2.11. The maximum Gasteiger partial charge on any atom is 0.173 e. The van der Waals surface area contributed by atoms with Crippen LogP contribution in [0.25, 0.3) is 16.7 Å². The average molecular weight is 403 g/mol. The second kappa shape index (κ2) is 7.49. The Morgan fingerprint density at radius 2 is 1.97 bits per heavy atom. The number of aromatic nitrogens is 2. The van der Waals surface area contributed by atoms with E-state index in [1.807, 2.05) is 41.7 Å². The molecule has 0 saturated carbocycles. The Kier molecular flexibility index (Phi) is 4.87. The fourth-order valence-electron chi connectivity index (χ4n) is 3.27. The van der Waals surface area contributed by atoms with Crippen molar-refractivity contribution in [3.05, 3.63) is 65.2 Å². The highest BCUT2D eigenvalue weighted by Crippen LogP contribution is 2.31. The lowest BCUT2D eigenvalue weighted by atomic mass is 10.1. The highest BCUT2D eigenvalue weighted by molar-refractivity contribution is 8.00. The molecule has 0 spiro atoms. The quantitative estimate of drug-likeness (QED) is 0.293. The number of hydrogen-bond donors (Lipinski definition) is 2. The van der Waals surface area contributed by atoms with E-state index in [0.717, 1.165) is 21.6 Å². The van der Waals surface area contributed by atoms with Gasteiger partial charge in [0.2, 0.25) is 0 Å². The average Bonchev–Trinajstić information content (AvgIpc) is 3.12. The molecule has 0 fully saturated rings. The number of aryl methyl sites for hydroxylation is 1. The first-order chi connectivity index (χ1) is 14.0. The van der Waals surface area contributed by atoms with Crippen LogP contribution in [0.15, 0.2) is 53.6 Å². The summed E-state index contributed by atoms with van der Waals surface area (Å²) in [5, 5.41) is 29.6. The van der Waals surface area contributed by atoms with Crippen molar-refractivity contribution in [2.45, 2.75) is 18.4 Å². The van der Waals surface area contributed by atoms with Crippen LogP contribution in [0.5, 0.6) is 11.5 Å². The first-order valence-corrected chi connectivity index (χ1v) is 10.0. The van der Waals surface area contributed by atoms with Crippen molar-refractivity contribution in [1.29, 1.82) is 5.26 Å². The van der Waals surface area contributed by atoms with Gasteiger partial charge in [-0.05, 0) is 48.4 Å². The highest BCUT2D eigenvalue weighted by Gasteiger charge is 2.18. The molecule has 144 valence electrons. The third-order valence-corrected chi connectivity index (χ3v) is 5.77. The molecule has 4 aromatic rings. The van der Waals surface area contributed by atoms with Crippen molar-refractivity contribution < 1.29 is 15.0 Å². The van der Waals surface area contributed by atoms with Crippen molar-refractivity contribution >= 4 is 34.2 Å². The van der Waals surface area contributed by atoms with Crippen LogP contribution in [0, 0.1) is 11.3 Å². The Bertz CT molecular complexity index is 1300. The number of carbonyl (C=O) groups is 1. The molecule has 7 heteroatoms. The summed E-state index contributed by atoms with van der Waals surface area (Å²) in [4.78, 5) is 17.2. The zero-order chi connectivity index (χ0) is 20.5. The molecule has 0 aliphatic carbocycles. The summed E-state index contributed by atoms with van der Waals surface area (Å²) in [5.74, 6) is -0.623. The SMILES string of the molecule is CCc1cc(SCC(=O)c2ccc(O)c(O)c2)n2c(nc3ccccc32)c1C#N. The summed E-state index contributed by atoms with van der Waals surface area (Å²) in [6.45, 7) is 1.98. The maximum absolute atomic E-state index is 12.6. The van der Waals surface area contributed by atoms with E-state index in [-0.39, 0.29) is 23.0 Å². The molecule has 0 unspecified atom stereocenters. The van der Waals surface area contributed by atoms with Crippen molar-refractivity contribution in [2.24, 2.45) is 0 Å². The second-order valence-corrected chi connectivity index (χ2v) is 7.52. The molecule has 0 aliphatic rings. The largest absolute Gasteiger partial charge is 0.504 e. The number of nitriles is 1. The summed E-state index contributed by atoms with van der Waals surface area (Å²) in [7, 11) is 0. The van der Waals surface area contributed by atoms with Crippen LogP contribution in [-0.2, 0) is 6.42 Å². The smallest absolute Gasteiger partial charge is 0.173 e. The number of hydrogen-bond acceptors (Lipinski definition) is 6. The van der Waals surface area contributed by atoms with Gasteiger partial charge in [-0.15, -0.1) is 0 Å². The number of para-hydroxylation sites is 2. The molecule has 2 aromatic carbocycles. The number of thioether (sulfide) groups is 1. The number of ketones is 1. The number of phenolic OH excluding ortho intramolecular Hbond substituents is 2. The fraction of sp³-hybridized carbons (Fsp3) is 0.136. The van der Waals surface area contributed by atoms with Crippen molar-refractivity contribution in [2.75, 3.05) is 5.75 Å². The van der Waals surface area contributed by atoms with E-state index in [1.165, 1.54) is 30.0 Å². The van der Waals surface area contributed by atoms with Crippen molar-refractivity contribution in [1.82, 2.24) is 9.38 Å². The molecule has 2 heterocycles. The van der Waals surface area contributed by atoms with Crippen LogP contribution in [0.3, 0.4) is 0 Å². The van der Waals surface area contributed by atoms with Gasteiger partial charge in [-0.3, -0.25) is 9.20 Å². The van der Waals surface area contributed by atoms with Crippen LogP contribution in [0.1, 0.15) is 28.4 Å². The highest BCUT2D eigenvalue weighted by atomic mass is 32.2. The van der Waals surface area contributed by atoms with E-state index in [2.05, 4.69) is 11.1 Å². The summed E-state index contributed by atoms with van der Waals surface area (Å²) in [5.41, 5.74) is 4.00. The van der Waals surface area contributed by atoms with Gasteiger partial charge in [-0.25, -0.2) is 4.98 Å². The van der Waals surface area contributed by atoms with Crippen molar-refractivity contribution in [3.63, 3.8) is 0 Å². The first kappa shape index (κ1) is 18.8. The molecule has 0 amide bonds. The molecule has 0 saturated heterocycles. The van der Waals surface area contributed by atoms with Crippen LogP contribution >= 0.6 is 11.8 Å². The standard InChI is InChI=1S/C22H17N3O3S/c1-2-13-10-21(29-12-20(28)14-7-8-18(26)19(27)9-14)25-17-6-4-3-5-16(17)24-22(25)15(13)11-23/h3-10,26-27H,2,12H2,1H3. The predicted octanol–water partition coefficient (Wildman–Crippen LogP) is 4.31. The molecular formula is C22H17N3O3S. The zero-order valence-corrected chi connectivity index (χ0v) is 16.4. The number of phenols is 2. The Balaban J connectivity index is 1.77. The minimum absolute atomic E-state index is 0.140. The van der Waals surface area contributed by atoms with Crippen molar-refractivity contribution in [3.8, 4) is 17.6 Å². The third-order valence-electron chi connectivity index (χ3n) is 4.76. The van der Waals surface area contributed by atoms with E-state index in [9.17, 15) is 20.3 Å². The second-order valence-electron chi connectivity index (χ2n) is 6.52. The molecule has 4 rings (SSSR count). The minimum atomic E-state index is -0.324. The number of aromatic hydroxyl groups is 2. The maximum atomic E-state index is 12.6. The monoisotopic (exact) mass is 403 g/mol. The van der Waals surface area contributed by atoms with Gasteiger partial charge in [0.15, 0.2) is 22.9 Å². The number of nitrogens with zero attached hydrogens (tertiary/aromatic N) is 3. The Morgan fingerprint density at radius 1 is 1.17 bits per heavy atom. The van der Waals surface area contributed by atoms with Gasteiger partial charge in [-0.1, -0.05) is 30.8 Å². The molecule has 2 aromatic heterocycles. The van der Waals surface area contributed by atoms with Gasteiger partial charge >= 0.3 is 0 Å². The lowest BCUT2D eigenvalue weighted by Crippen LogP contribution is -2.05. The van der Waals surface area contributed by atoms with Gasteiger partial charge in [0.05, 0.1) is 27.4 Å². The summed E-state index contributed by atoms with van der Waals surface area (Å²) in [6.07, 6.45) is 0.677. The Morgan fingerprint density at radius 3 is 2.69 bits per heavy atom. The minimum Gasteiger partial charge on any atom is -0.504 e. The Labute approximate surface area is 171 Å². The van der Waals surface area contributed by atoms with Crippen LogP contribution in [0.2, 0.25) is 0 Å². The lowest BCUT2D eigenvalue weighted by molar-refractivity contribution is 0.102. The van der Waals surface area contributed by atoms with E-state index >= 15 is 0 Å². The molecule has 2 N–H and O–H groups in total. The summed E-state index contributed by atoms with van der Waals surface area (Å²) in [6, 6.07) is 15.9. The van der Waals surface area contributed by atoms with E-state index < -0.39 is 0 Å². The third kappa shape index (κ3) is 3.28. The fourth-order valence-corrected chi connectivity index (χ4v) is 4.26. The number of benzene rings is 2. The molecular weight excluding hydrogens is 386 g/mol. The van der Waals surface area contributed by atoms with E-state index in [1.54, 1.807) is 0 Å². The molecule has 0 atom stereocenters. The summed E-state index contributed by atoms with van der Waals surface area (Å²) < 4.78 is 1.92. The van der Waals surface area contributed by atoms with Gasteiger partial charge < -0.3 is 10.2 Å². The number of pyridine rings is 1. The molecule has 0 aliphatic heterocycles. The topological polar surface area (TPSA) is 98.6 Å². The van der Waals surface area contributed by atoms with Gasteiger partial charge in [-0.2, -0.15) is 5.26 Å². The van der Waals surface area contributed by atoms with Crippen LogP contribution in [0.4, 0.5) is 0 Å². The molecule has 6 nitrogen and oxygen atoms in total. The van der Waals surface area contributed by atoms with E-state index in [0.29, 0.717) is 23.2 Å². The number of fused-ring (bicyclic) bond motifs is 3. The molecule has 29 heavy (non-hydrogen) atoms. The van der Waals surface area contributed by atoms with Gasteiger partial charge in [0, 0.05) is 5.56 Å². The molecule has 0 bridgehead atoms. The van der Waals surface area contributed by atoms with Crippen LogP contribution in [-0.4, -0.2) is 31.1 Å². The van der Waals surface area contributed by atoms with Gasteiger partial charge in [0.25, 0.3) is 0 Å². The number of carbonyl (C=O) groups excluding carboxylic acids is 1.